The molecule has 0 aromatic carbocycles. The van der Waals surface area contributed by atoms with Crippen molar-refractivity contribution in [1.29, 1.82) is 0 Å². The molecule has 2 N–H and O–H groups in total. The van der Waals surface area contributed by atoms with Crippen LogP contribution in [0.25, 0.3) is 10.6 Å². The van der Waals surface area contributed by atoms with Crippen LogP contribution in [-0.2, 0) is 4.79 Å². The predicted octanol–water partition coefficient (Wildman–Crippen LogP) is 3.49. The van der Waals surface area contributed by atoms with Gasteiger partial charge in [-0.3, -0.25) is 0 Å². The van der Waals surface area contributed by atoms with Crippen molar-refractivity contribution in [2.45, 2.75) is 19.9 Å². The van der Waals surface area contributed by atoms with Crippen LogP contribution in [0, 0.1) is 5.92 Å². The number of aliphatic carboxylic acids is 1. The molecule has 0 aliphatic carbocycles. The number of halogens is 1. The first-order chi connectivity index (χ1) is 9.47. The predicted molar refractivity (Wildman–Crippen MR) is 82.9 cm³/mol. The lowest BCUT2D eigenvalue weighted by atomic mass is 10.1. The second-order valence-electron chi connectivity index (χ2n) is 4.61. The van der Waals surface area contributed by atoms with Crippen LogP contribution in [0.2, 0.25) is 0 Å². The van der Waals surface area contributed by atoms with Crippen LogP contribution >= 0.6 is 27.3 Å². The molecule has 0 aliphatic heterocycles. The maximum Gasteiger partial charge on any atom is 0.326 e. The summed E-state index contributed by atoms with van der Waals surface area (Å²) in [6.07, 6.45) is 0. The van der Waals surface area contributed by atoms with E-state index in [-0.39, 0.29) is 5.92 Å². The third-order valence-electron chi connectivity index (χ3n) is 2.73. The van der Waals surface area contributed by atoms with Gasteiger partial charge in [0.2, 0.25) is 0 Å². The van der Waals surface area contributed by atoms with E-state index in [9.17, 15) is 4.79 Å². The number of hydrogen-bond donors (Lipinski definition) is 2. The summed E-state index contributed by atoms with van der Waals surface area (Å²) in [5.74, 6) is -0.472. The molecule has 2 rings (SSSR count). The summed E-state index contributed by atoms with van der Waals surface area (Å²) in [5.41, 5.74) is 0.766. The molecule has 0 aliphatic rings. The first-order valence-corrected chi connectivity index (χ1v) is 7.67. The Hall–Kier alpha value is -1.47. The molecule has 0 fully saturated rings. The Kier molecular flexibility index (Phi) is 4.72. The molecule has 0 bridgehead atoms. The van der Waals surface area contributed by atoms with Crippen molar-refractivity contribution in [3.63, 3.8) is 0 Å². The van der Waals surface area contributed by atoms with Gasteiger partial charge < -0.3 is 10.4 Å². The van der Waals surface area contributed by atoms with Crippen LogP contribution in [0.3, 0.4) is 0 Å². The monoisotopic (exact) mass is 355 g/mol. The second kappa shape index (κ2) is 6.32. The fraction of sp³-hybridized carbons (Fsp3) is 0.308. The molecule has 2 heterocycles. The normalized spacial score (nSPS) is 12.4. The van der Waals surface area contributed by atoms with Crippen LogP contribution in [0.15, 0.2) is 28.1 Å². The Labute approximate surface area is 129 Å². The highest BCUT2D eigenvalue weighted by atomic mass is 79.9. The van der Waals surface area contributed by atoms with E-state index < -0.39 is 12.0 Å². The average molecular weight is 356 g/mol. The van der Waals surface area contributed by atoms with Gasteiger partial charge in [0.1, 0.15) is 17.6 Å². The van der Waals surface area contributed by atoms with Crippen LogP contribution < -0.4 is 5.32 Å². The van der Waals surface area contributed by atoms with Gasteiger partial charge >= 0.3 is 5.97 Å². The number of carbonyl (C=O) groups is 1. The molecule has 5 nitrogen and oxygen atoms in total. The zero-order valence-corrected chi connectivity index (χ0v) is 13.4. The van der Waals surface area contributed by atoms with Gasteiger partial charge in [0.05, 0.1) is 8.66 Å². The molecule has 0 unspecified atom stereocenters. The van der Waals surface area contributed by atoms with E-state index in [1.807, 2.05) is 32.0 Å². The molecular weight excluding hydrogens is 342 g/mol. The van der Waals surface area contributed by atoms with Crippen LogP contribution in [-0.4, -0.2) is 27.3 Å². The Morgan fingerprint density at radius 3 is 2.50 bits per heavy atom. The van der Waals surface area contributed by atoms with E-state index in [1.54, 1.807) is 17.4 Å². The quantitative estimate of drug-likeness (QED) is 0.858. The van der Waals surface area contributed by atoms with E-state index in [1.165, 1.54) is 0 Å². The van der Waals surface area contributed by atoms with E-state index in [4.69, 9.17) is 5.11 Å². The summed E-state index contributed by atoms with van der Waals surface area (Å²) in [7, 11) is 0. The SMILES string of the molecule is CC(C)[C@H](Nc1ccc(-c2ccc(Br)s2)nn1)C(=O)O. The number of nitrogens with one attached hydrogen (secondary N) is 1. The number of carboxylic acid groups (broad SMARTS) is 1. The molecule has 2 aromatic heterocycles. The minimum atomic E-state index is -0.895. The number of anilines is 1. The minimum Gasteiger partial charge on any atom is -0.480 e. The maximum absolute atomic E-state index is 11.1. The van der Waals surface area contributed by atoms with Gasteiger partial charge in [0.15, 0.2) is 0 Å². The van der Waals surface area contributed by atoms with Crippen LogP contribution in [0.1, 0.15) is 13.8 Å². The molecule has 7 heteroatoms. The fourth-order valence-corrected chi connectivity index (χ4v) is 3.02. The Morgan fingerprint density at radius 1 is 1.30 bits per heavy atom. The molecular formula is C13H14BrN3O2S. The Balaban J connectivity index is 2.14. The molecule has 1 atom stereocenters. The summed E-state index contributed by atoms with van der Waals surface area (Å²) in [5, 5.41) is 20.2. The van der Waals surface area contributed by atoms with Gasteiger partial charge in [-0.05, 0) is 46.1 Å². The van der Waals surface area contributed by atoms with Crippen molar-refractivity contribution in [3.05, 3.63) is 28.1 Å². The first-order valence-electron chi connectivity index (χ1n) is 6.06. The summed E-state index contributed by atoms with van der Waals surface area (Å²) in [4.78, 5) is 12.1. The lowest BCUT2D eigenvalue weighted by Crippen LogP contribution is -2.34. The van der Waals surface area contributed by atoms with Gasteiger partial charge in [0, 0.05) is 0 Å². The van der Waals surface area contributed by atoms with Gasteiger partial charge in [-0.25, -0.2) is 4.79 Å². The van der Waals surface area contributed by atoms with Crippen LogP contribution in [0.5, 0.6) is 0 Å². The first kappa shape index (κ1) is 14.9. The van der Waals surface area contributed by atoms with Gasteiger partial charge in [-0.2, -0.15) is 0 Å². The van der Waals surface area contributed by atoms with Crippen molar-refractivity contribution in [3.8, 4) is 10.6 Å². The molecule has 0 saturated heterocycles. The standard InChI is InChI=1S/C13H14BrN3O2S/c1-7(2)12(13(18)19)15-11-6-3-8(16-17-11)9-4-5-10(14)20-9/h3-7,12H,1-2H3,(H,15,17)(H,18,19)/t12-/m0/s1. The molecule has 2 aromatic rings. The molecule has 0 amide bonds. The Morgan fingerprint density at radius 2 is 2.05 bits per heavy atom. The average Bonchev–Trinajstić information content (AvgIpc) is 2.82. The molecule has 20 heavy (non-hydrogen) atoms. The number of carboxylic acids is 1. The van der Waals surface area contributed by atoms with E-state index >= 15 is 0 Å². The van der Waals surface area contributed by atoms with E-state index in [0.717, 1.165) is 14.4 Å². The highest BCUT2D eigenvalue weighted by molar-refractivity contribution is 9.11. The Bertz CT molecular complexity index is 598. The third-order valence-corrected chi connectivity index (χ3v) is 4.37. The highest BCUT2D eigenvalue weighted by Gasteiger charge is 2.21. The summed E-state index contributed by atoms with van der Waals surface area (Å²) >= 11 is 4.97. The minimum absolute atomic E-state index is 0.0396. The van der Waals surface area contributed by atoms with E-state index in [0.29, 0.717) is 5.82 Å². The highest BCUT2D eigenvalue weighted by Crippen LogP contribution is 2.29. The molecule has 106 valence electrons. The van der Waals surface area contributed by atoms with Crippen LogP contribution in [0.4, 0.5) is 5.82 Å². The number of rotatable bonds is 5. The number of aromatic nitrogens is 2. The zero-order chi connectivity index (χ0) is 14.7. The van der Waals surface area contributed by atoms with Crippen molar-refractivity contribution < 1.29 is 9.90 Å². The topological polar surface area (TPSA) is 75.1 Å². The number of hydrogen-bond acceptors (Lipinski definition) is 5. The van der Waals surface area contributed by atoms with Crippen molar-refractivity contribution in [1.82, 2.24) is 10.2 Å². The maximum atomic E-state index is 11.1. The molecule has 0 radical (unpaired) electrons. The second-order valence-corrected chi connectivity index (χ2v) is 7.07. The molecule has 0 spiro atoms. The summed E-state index contributed by atoms with van der Waals surface area (Å²) in [6.45, 7) is 3.69. The largest absolute Gasteiger partial charge is 0.480 e. The van der Waals surface area contributed by atoms with Gasteiger partial charge in [-0.1, -0.05) is 13.8 Å². The number of nitrogens with zero attached hydrogens (tertiary/aromatic N) is 2. The lowest BCUT2D eigenvalue weighted by Gasteiger charge is -2.17. The van der Waals surface area contributed by atoms with E-state index in [2.05, 4.69) is 31.4 Å². The summed E-state index contributed by atoms with van der Waals surface area (Å²) in [6, 6.07) is 6.81. The lowest BCUT2D eigenvalue weighted by molar-refractivity contribution is -0.138. The fourth-order valence-electron chi connectivity index (χ4n) is 1.67. The summed E-state index contributed by atoms with van der Waals surface area (Å²) < 4.78 is 1.03. The van der Waals surface area contributed by atoms with Crippen molar-refractivity contribution >= 4 is 39.1 Å². The number of thiophene rings is 1. The van der Waals surface area contributed by atoms with Crippen molar-refractivity contribution in [2.24, 2.45) is 5.92 Å². The van der Waals surface area contributed by atoms with Gasteiger partial charge in [0.25, 0.3) is 0 Å². The molecule has 0 saturated carbocycles. The third kappa shape index (κ3) is 3.55. The van der Waals surface area contributed by atoms with Gasteiger partial charge in [-0.15, -0.1) is 21.5 Å². The van der Waals surface area contributed by atoms with Crippen molar-refractivity contribution in [2.75, 3.05) is 5.32 Å². The zero-order valence-electron chi connectivity index (χ0n) is 11.0. The smallest absolute Gasteiger partial charge is 0.326 e.